The van der Waals surface area contributed by atoms with Crippen LogP contribution in [0.25, 0.3) is 0 Å². The van der Waals surface area contributed by atoms with Gasteiger partial charge in [0.2, 0.25) is 15.9 Å². The molecule has 2 heterocycles. The van der Waals surface area contributed by atoms with Gasteiger partial charge in [-0.3, -0.25) is 4.79 Å². The summed E-state index contributed by atoms with van der Waals surface area (Å²) in [4.78, 5) is 26.4. The Labute approximate surface area is 181 Å². The Bertz CT molecular complexity index is 1110. The van der Waals surface area contributed by atoms with Gasteiger partial charge in [-0.2, -0.15) is 4.31 Å². The molecule has 0 aliphatic carbocycles. The van der Waals surface area contributed by atoms with Crippen molar-refractivity contribution < 1.29 is 22.7 Å². The highest BCUT2D eigenvalue weighted by atomic mass is 32.2. The molecule has 2 aromatic rings. The first-order valence-corrected chi connectivity index (χ1v) is 11.7. The van der Waals surface area contributed by atoms with Gasteiger partial charge in [0.1, 0.15) is 6.54 Å². The first-order chi connectivity index (χ1) is 14.8. The predicted molar refractivity (Wildman–Crippen MR) is 117 cm³/mol. The number of fused-ring (bicyclic) bond motifs is 1. The number of carbonyl (C=O) groups is 2. The number of anilines is 2. The monoisotopic (exact) mass is 443 g/mol. The lowest BCUT2D eigenvalue weighted by Gasteiger charge is -2.29. The predicted octanol–water partition coefficient (Wildman–Crippen LogP) is 2.53. The molecule has 0 aromatic heterocycles. The van der Waals surface area contributed by atoms with E-state index in [0.717, 1.165) is 19.3 Å². The fraction of sp³-hybridized carbons (Fsp3) is 0.364. The van der Waals surface area contributed by atoms with Crippen LogP contribution in [0.15, 0.2) is 47.4 Å². The van der Waals surface area contributed by atoms with E-state index in [9.17, 15) is 18.0 Å². The number of hydrogen-bond donors (Lipinski definition) is 1. The van der Waals surface area contributed by atoms with Gasteiger partial charge in [-0.25, -0.2) is 13.2 Å². The summed E-state index contributed by atoms with van der Waals surface area (Å²) in [6.45, 7) is 2.69. The first kappa shape index (κ1) is 21.3. The van der Waals surface area contributed by atoms with Gasteiger partial charge in [-0.15, -0.1) is 0 Å². The maximum atomic E-state index is 13.1. The van der Waals surface area contributed by atoms with E-state index in [1.54, 1.807) is 48.2 Å². The van der Waals surface area contributed by atoms with Crippen LogP contribution >= 0.6 is 0 Å². The number of piperidine rings is 1. The molecule has 1 fully saturated rings. The Morgan fingerprint density at radius 2 is 1.84 bits per heavy atom. The SMILES string of the molecule is Cc1ccc(NC(=O)CN2CC(=O)Oc3ccccc32)cc1S(=O)(=O)N1CCCCC1. The largest absolute Gasteiger partial charge is 0.423 e. The molecule has 4 rings (SSSR count). The highest BCUT2D eigenvalue weighted by Crippen LogP contribution is 2.31. The lowest BCUT2D eigenvalue weighted by atomic mass is 10.2. The third kappa shape index (κ3) is 4.57. The quantitative estimate of drug-likeness (QED) is 0.564. The summed E-state index contributed by atoms with van der Waals surface area (Å²) >= 11 is 0. The summed E-state index contributed by atoms with van der Waals surface area (Å²) in [5.74, 6) is -0.372. The molecule has 8 nitrogen and oxygen atoms in total. The number of hydrogen-bond acceptors (Lipinski definition) is 6. The second-order valence-electron chi connectivity index (χ2n) is 7.79. The standard InChI is InChI=1S/C22H25N3O5S/c1-16-9-10-17(13-20(16)31(28,29)25-11-5-2-6-12-25)23-21(26)14-24-15-22(27)30-19-8-4-3-7-18(19)24/h3-4,7-10,13H,2,5-6,11-12,14-15H2,1H3,(H,23,26). The molecule has 9 heteroatoms. The molecule has 2 aliphatic heterocycles. The van der Waals surface area contributed by atoms with Crippen molar-refractivity contribution in [3.05, 3.63) is 48.0 Å². The van der Waals surface area contributed by atoms with Crippen LogP contribution in [0.2, 0.25) is 0 Å². The van der Waals surface area contributed by atoms with E-state index < -0.39 is 16.0 Å². The van der Waals surface area contributed by atoms with Crippen LogP contribution in [0.5, 0.6) is 5.75 Å². The van der Waals surface area contributed by atoms with E-state index in [4.69, 9.17) is 4.74 Å². The van der Waals surface area contributed by atoms with Crippen LogP contribution in [0.4, 0.5) is 11.4 Å². The summed E-state index contributed by atoms with van der Waals surface area (Å²) < 4.78 is 32.9. The molecule has 0 unspecified atom stereocenters. The minimum atomic E-state index is -3.62. The lowest BCUT2D eigenvalue weighted by Crippen LogP contribution is -2.41. The van der Waals surface area contributed by atoms with E-state index in [-0.39, 0.29) is 23.9 Å². The summed E-state index contributed by atoms with van der Waals surface area (Å²) in [7, 11) is -3.62. The highest BCUT2D eigenvalue weighted by molar-refractivity contribution is 7.89. The average molecular weight is 444 g/mol. The van der Waals surface area contributed by atoms with E-state index in [1.807, 2.05) is 0 Å². The van der Waals surface area contributed by atoms with Gasteiger partial charge < -0.3 is 15.0 Å². The molecular weight excluding hydrogens is 418 g/mol. The molecule has 2 aromatic carbocycles. The maximum absolute atomic E-state index is 13.1. The Morgan fingerprint density at radius 1 is 1.10 bits per heavy atom. The first-order valence-electron chi connectivity index (χ1n) is 10.3. The number of nitrogens with zero attached hydrogens (tertiary/aromatic N) is 2. The van der Waals surface area contributed by atoms with Gasteiger partial charge in [-0.1, -0.05) is 24.6 Å². The number of esters is 1. The van der Waals surface area contributed by atoms with Crippen molar-refractivity contribution in [2.75, 3.05) is 36.4 Å². The van der Waals surface area contributed by atoms with Crippen LogP contribution in [0, 0.1) is 6.92 Å². The van der Waals surface area contributed by atoms with Gasteiger partial charge in [0, 0.05) is 18.8 Å². The Kier molecular flexibility index (Phi) is 5.97. The molecule has 2 aliphatic rings. The fourth-order valence-corrected chi connectivity index (χ4v) is 5.68. The fourth-order valence-electron chi connectivity index (χ4n) is 3.92. The molecule has 1 saturated heterocycles. The summed E-state index contributed by atoms with van der Waals surface area (Å²) in [6, 6.07) is 11.9. The molecule has 164 valence electrons. The van der Waals surface area contributed by atoms with E-state index in [2.05, 4.69) is 5.32 Å². The van der Waals surface area contributed by atoms with Gasteiger partial charge in [0.05, 0.1) is 17.1 Å². The number of amides is 1. The van der Waals surface area contributed by atoms with E-state index >= 15 is 0 Å². The van der Waals surface area contributed by atoms with Crippen LogP contribution in [0.3, 0.4) is 0 Å². The summed E-state index contributed by atoms with van der Waals surface area (Å²) in [5.41, 5.74) is 1.70. The van der Waals surface area contributed by atoms with Gasteiger partial charge >= 0.3 is 5.97 Å². The van der Waals surface area contributed by atoms with E-state index in [1.165, 1.54) is 10.4 Å². The van der Waals surface area contributed by atoms with Crippen molar-refractivity contribution in [3.63, 3.8) is 0 Å². The molecule has 0 radical (unpaired) electrons. The smallest absolute Gasteiger partial charge is 0.331 e. The normalized spacial score (nSPS) is 17.1. The number of para-hydroxylation sites is 2. The molecule has 0 bridgehead atoms. The second kappa shape index (κ2) is 8.68. The van der Waals surface area contributed by atoms with Gasteiger partial charge in [0.15, 0.2) is 5.75 Å². The van der Waals surface area contributed by atoms with Crippen molar-refractivity contribution in [2.24, 2.45) is 0 Å². The third-order valence-electron chi connectivity index (χ3n) is 5.49. The maximum Gasteiger partial charge on any atom is 0.331 e. The number of benzene rings is 2. The average Bonchev–Trinajstić information content (AvgIpc) is 2.75. The minimum Gasteiger partial charge on any atom is -0.423 e. The summed E-state index contributed by atoms with van der Waals surface area (Å²) in [5, 5.41) is 2.76. The molecular formula is C22H25N3O5S. The number of aryl methyl sites for hydroxylation is 1. The van der Waals surface area contributed by atoms with Crippen LogP contribution in [0.1, 0.15) is 24.8 Å². The zero-order chi connectivity index (χ0) is 22.0. The number of nitrogens with one attached hydrogen (secondary N) is 1. The molecule has 31 heavy (non-hydrogen) atoms. The van der Waals surface area contributed by atoms with Crippen molar-refractivity contribution in [1.82, 2.24) is 4.31 Å². The second-order valence-corrected chi connectivity index (χ2v) is 9.70. The topological polar surface area (TPSA) is 96.0 Å². The number of sulfonamides is 1. The van der Waals surface area contributed by atoms with Crippen molar-refractivity contribution >= 4 is 33.3 Å². The number of ether oxygens (including phenoxy) is 1. The van der Waals surface area contributed by atoms with Gasteiger partial charge in [0.25, 0.3) is 0 Å². The van der Waals surface area contributed by atoms with Crippen LogP contribution in [-0.4, -0.2) is 50.8 Å². The Hall–Kier alpha value is -2.91. The van der Waals surface area contributed by atoms with Crippen molar-refractivity contribution in [2.45, 2.75) is 31.1 Å². The van der Waals surface area contributed by atoms with E-state index in [0.29, 0.717) is 35.8 Å². The lowest BCUT2D eigenvalue weighted by molar-refractivity contribution is -0.133. The highest BCUT2D eigenvalue weighted by Gasteiger charge is 2.28. The third-order valence-corrected chi connectivity index (χ3v) is 7.53. The number of carbonyl (C=O) groups excluding carboxylic acids is 2. The zero-order valence-electron chi connectivity index (χ0n) is 17.3. The zero-order valence-corrected chi connectivity index (χ0v) is 18.2. The molecule has 1 amide bonds. The molecule has 0 saturated carbocycles. The molecule has 1 N–H and O–H groups in total. The Balaban J connectivity index is 1.51. The van der Waals surface area contributed by atoms with Gasteiger partial charge in [-0.05, 0) is 49.6 Å². The van der Waals surface area contributed by atoms with Crippen LogP contribution in [-0.2, 0) is 19.6 Å². The minimum absolute atomic E-state index is 0.0348. The molecule has 0 atom stereocenters. The number of rotatable bonds is 5. The van der Waals surface area contributed by atoms with Crippen LogP contribution < -0.4 is 15.0 Å². The Morgan fingerprint density at radius 3 is 2.61 bits per heavy atom. The molecule has 0 spiro atoms. The van der Waals surface area contributed by atoms with Crippen molar-refractivity contribution in [1.29, 1.82) is 0 Å². The summed E-state index contributed by atoms with van der Waals surface area (Å²) in [6.07, 6.45) is 2.75. The van der Waals surface area contributed by atoms with Crippen molar-refractivity contribution in [3.8, 4) is 5.75 Å².